The van der Waals surface area contributed by atoms with Crippen molar-refractivity contribution in [3.63, 3.8) is 0 Å². The largest absolute Gasteiger partial charge is 0.475 e. The van der Waals surface area contributed by atoms with E-state index in [1.54, 1.807) is 54.6 Å². The highest BCUT2D eigenvalue weighted by atomic mass is 79.9. The number of sulfonamides is 1. The number of anilines is 1. The maximum Gasteiger partial charge on any atom is 0.348 e. The van der Waals surface area contributed by atoms with Crippen molar-refractivity contribution in [2.24, 2.45) is 0 Å². The van der Waals surface area contributed by atoms with Gasteiger partial charge in [0.2, 0.25) is 22.0 Å². The van der Waals surface area contributed by atoms with E-state index < -0.39 is 34.5 Å². The van der Waals surface area contributed by atoms with Gasteiger partial charge in [-0.25, -0.2) is 13.2 Å². The molecule has 182 valence electrons. The number of amides is 1. The molecule has 1 atom stereocenters. The average molecular weight is 559 g/mol. The molecule has 1 amide bonds. The predicted molar refractivity (Wildman–Crippen MR) is 133 cm³/mol. The molecule has 0 saturated carbocycles. The number of hydrogen-bond acceptors (Lipinski definition) is 6. The molecule has 3 aromatic carbocycles. The van der Waals surface area contributed by atoms with E-state index in [4.69, 9.17) is 9.47 Å². The van der Waals surface area contributed by atoms with Crippen LogP contribution in [0.4, 0.5) is 5.69 Å². The summed E-state index contributed by atoms with van der Waals surface area (Å²) < 4.78 is 39.6. The lowest BCUT2D eigenvalue weighted by atomic mass is 10.2. The van der Waals surface area contributed by atoms with Crippen molar-refractivity contribution < 1.29 is 27.5 Å². The first-order chi connectivity index (χ1) is 16.8. The zero-order chi connectivity index (χ0) is 25.0. The molecule has 0 fully saturated rings. The molecule has 1 unspecified atom stereocenters. The van der Waals surface area contributed by atoms with Gasteiger partial charge in [0.1, 0.15) is 5.75 Å². The van der Waals surface area contributed by atoms with Gasteiger partial charge in [-0.05, 0) is 42.0 Å². The molecule has 8 nitrogen and oxygen atoms in total. The molecule has 3 aromatic rings. The Balaban J connectivity index is 1.67. The molecule has 1 heterocycles. The van der Waals surface area contributed by atoms with E-state index in [2.05, 4.69) is 15.9 Å². The number of fused-ring (bicyclic) bond motifs is 1. The van der Waals surface area contributed by atoms with Crippen LogP contribution < -0.4 is 9.64 Å². The van der Waals surface area contributed by atoms with Gasteiger partial charge in [-0.3, -0.25) is 4.79 Å². The quantitative estimate of drug-likeness (QED) is 0.411. The Bertz CT molecular complexity index is 1320. The summed E-state index contributed by atoms with van der Waals surface area (Å²) in [6, 6.07) is 22.0. The highest BCUT2D eigenvalue weighted by molar-refractivity contribution is 9.10. The molecule has 1 aliphatic heterocycles. The summed E-state index contributed by atoms with van der Waals surface area (Å²) in [5.74, 6) is -0.778. The Hall–Kier alpha value is -3.21. The normalized spacial score (nSPS) is 15.3. The zero-order valence-electron chi connectivity index (χ0n) is 18.8. The summed E-state index contributed by atoms with van der Waals surface area (Å²) in [4.78, 5) is 27.2. The van der Waals surface area contributed by atoms with Crippen molar-refractivity contribution in [2.45, 2.75) is 17.5 Å². The predicted octanol–water partition coefficient (Wildman–Crippen LogP) is 3.61. The fourth-order valence-electron chi connectivity index (χ4n) is 3.72. The first-order valence-corrected chi connectivity index (χ1v) is 13.0. The molecule has 0 N–H and O–H groups in total. The lowest BCUT2D eigenvalue weighted by Crippen LogP contribution is -2.50. The van der Waals surface area contributed by atoms with Crippen LogP contribution >= 0.6 is 15.9 Å². The molecule has 10 heteroatoms. The molecular weight excluding hydrogens is 536 g/mol. The summed E-state index contributed by atoms with van der Waals surface area (Å²) in [6.45, 7) is -0.543. The summed E-state index contributed by atoms with van der Waals surface area (Å²) in [5.41, 5.74) is 1.17. The minimum atomic E-state index is -4.00. The van der Waals surface area contributed by atoms with E-state index in [1.807, 2.05) is 12.1 Å². The smallest absolute Gasteiger partial charge is 0.348 e. The van der Waals surface area contributed by atoms with E-state index >= 15 is 0 Å². The van der Waals surface area contributed by atoms with Crippen molar-refractivity contribution in [1.82, 2.24) is 4.31 Å². The standard InChI is InChI=1S/C25H23BrN2O6S/c1-33-25(30)23-16-28(21-9-5-6-10-22(21)34-23)24(29)17-27(15-18-11-13-19(26)14-12-18)35(31,32)20-7-3-2-4-8-20/h2-14,23H,15-17H2,1H3. The molecule has 4 rings (SSSR count). The number of hydrogen-bond donors (Lipinski definition) is 0. The molecule has 0 saturated heterocycles. The van der Waals surface area contributed by atoms with Gasteiger partial charge in [0.15, 0.2) is 0 Å². The fourth-order valence-corrected chi connectivity index (χ4v) is 5.38. The number of ether oxygens (including phenoxy) is 2. The number of rotatable bonds is 7. The maximum absolute atomic E-state index is 13.6. The molecular formula is C25H23BrN2O6S. The van der Waals surface area contributed by atoms with E-state index in [9.17, 15) is 18.0 Å². The Kier molecular flexibility index (Phi) is 7.54. The average Bonchev–Trinajstić information content (AvgIpc) is 2.88. The number of methoxy groups -OCH3 is 1. The van der Waals surface area contributed by atoms with Crippen LogP contribution in [-0.2, 0) is 30.9 Å². The minimum absolute atomic E-state index is 0.0112. The van der Waals surface area contributed by atoms with Gasteiger partial charge in [0.25, 0.3) is 0 Å². The highest BCUT2D eigenvalue weighted by Crippen LogP contribution is 2.34. The lowest BCUT2D eigenvalue weighted by molar-refractivity contribution is -0.148. The maximum atomic E-state index is 13.6. The Morgan fingerprint density at radius 2 is 1.69 bits per heavy atom. The third kappa shape index (κ3) is 5.55. The van der Waals surface area contributed by atoms with Gasteiger partial charge in [-0.15, -0.1) is 0 Å². The van der Waals surface area contributed by atoms with Crippen LogP contribution in [0.1, 0.15) is 5.56 Å². The SMILES string of the molecule is COC(=O)C1CN(C(=O)CN(Cc2ccc(Br)cc2)S(=O)(=O)c2ccccc2)c2ccccc2O1. The number of para-hydroxylation sites is 2. The number of nitrogens with zero attached hydrogens (tertiary/aromatic N) is 2. The summed E-state index contributed by atoms with van der Waals surface area (Å²) >= 11 is 3.38. The number of carbonyl (C=O) groups is 2. The van der Waals surface area contributed by atoms with Gasteiger partial charge in [-0.1, -0.05) is 58.4 Å². The number of esters is 1. The Labute approximate surface area is 212 Å². The number of benzene rings is 3. The lowest BCUT2D eigenvalue weighted by Gasteiger charge is -2.34. The molecule has 1 aliphatic rings. The van der Waals surface area contributed by atoms with Crippen LogP contribution in [0.5, 0.6) is 5.75 Å². The van der Waals surface area contributed by atoms with Crippen molar-refractivity contribution in [3.05, 3.63) is 88.9 Å². The van der Waals surface area contributed by atoms with Crippen molar-refractivity contribution in [2.75, 3.05) is 25.1 Å². The summed E-state index contributed by atoms with van der Waals surface area (Å²) in [5, 5.41) is 0. The fraction of sp³-hybridized carbons (Fsp3) is 0.200. The van der Waals surface area contributed by atoms with E-state index in [0.29, 0.717) is 11.4 Å². The number of halogens is 1. The van der Waals surface area contributed by atoms with Crippen molar-refractivity contribution in [3.8, 4) is 5.75 Å². The molecule has 0 spiro atoms. The summed E-state index contributed by atoms with van der Waals surface area (Å²) in [6.07, 6.45) is -1.02. The molecule has 0 radical (unpaired) electrons. The molecule has 0 aromatic heterocycles. The summed E-state index contributed by atoms with van der Waals surface area (Å²) in [7, 11) is -2.76. The monoisotopic (exact) mass is 558 g/mol. The molecule has 0 aliphatic carbocycles. The van der Waals surface area contributed by atoms with Gasteiger partial charge >= 0.3 is 5.97 Å². The second-order valence-electron chi connectivity index (χ2n) is 7.81. The van der Waals surface area contributed by atoms with Crippen LogP contribution in [0.25, 0.3) is 0 Å². The molecule has 35 heavy (non-hydrogen) atoms. The Morgan fingerprint density at radius 1 is 1.03 bits per heavy atom. The van der Waals surface area contributed by atoms with Crippen LogP contribution in [0.2, 0.25) is 0 Å². The van der Waals surface area contributed by atoms with Gasteiger partial charge in [0, 0.05) is 11.0 Å². The van der Waals surface area contributed by atoms with Crippen LogP contribution in [0.15, 0.2) is 88.2 Å². The van der Waals surface area contributed by atoms with Gasteiger partial charge in [-0.2, -0.15) is 4.31 Å². The highest BCUT2D eigenvalue weighted by Gasteiger charge is 2.36. The van der Waals surface area contributed by atoms with Crippen molar-refractivity contribution in [1.29, 1.82) is 0 Å². The first kappa shape index (κ1) is 24.9. The van der Waals surface area contributed by atoms with Crippen LogP contribution in [-0.4, -0.2) is 50.9 Å². The van der Waals surface area contributed by atoms with Crippen LogP contribution in [0, 0.1) is 0 Å². The van der Waals surface area contributed by atoms with E-state index in [1.165, 1.54) is 24.1 Å². The zero-order valence-corrected chi connectivity index (χ0v) is 21.2. The molecule has 0 bridgehead atoms. The van der Waals surface area contributed by atoms with Gasteiger partial charge < -0.3 is 14.4 Å². The van der Waals surface area contributed by atoms with Crippen LogP contribution in [0.3, 0.4) is 0 Å². The first-order valence-electron chi connectivity index (χ1n) is 10.7. The van der Waals surface area contributed by atoms with E-state index in [-0.39, 0.29) is 18.0 Å². The third-order valence-electron chi connectivity index (χ3n) is 5.50. The second kappa shape index (κ2) is 10.6. The number of carbonyl (C=O) groups excluding carboxylic acids is 2. The topological polar surface area (TPSA) is 93.2 Å². The van der Waals surface area contributed by atoms with Crippen molar-refractivity contribution >= 4 is 43.5 Å². The second-order valence-corrected chi connectivity index (χ2v) is 10.7. The van der Waals surface area contributed by atoms with Gasteiger partial charge in [0.05, 0.1) is 30.8 Å². The third-order valence-corrected chi connectivity index (χ3v) is 7.84. The minimum Gasteiger partial charge on any atom is -0.475 e. The Morgan fingerprint density at radius 3 is 2.37 bits per heavy atom. The van der Waals surface area contributed by atoms with E-state index in [0.717, 1.165) is 14.3 Å².